The highest BCUT2D eigenvalue weighted by Crippen LogP contribution is 2.16. The van der Waals surface area contributed by atoms with Crippen LogP contribution in [0.25, 0.3) is 0 Å². The van der Waals surface area contributed by atoms with E-state index >= 15 is 0 Å². The summed E-state index contributed by atoms with van der Waals surface area (Å²) in [5, 5.41) is 117. The normalized spacial score (nSPS) is 14.9. The summed E-state index contributed by atoms with van der Waals surface area (Å²) in [7, 11) is 0. The molecule has 0 aliphatic heterocycles. The number of aliphatic hydroxyl groups excluding tert-OH is 2. The molecule has 0 aliphatic carbocycles. The van der Waals surface area contributed by atoms with Crippen molar-refractivity contribution in [1.29, 1.82) is 10.8 Å². The van der Waals surface area contributed by atoms with Gasteiger partial charge < -0.3 is 166 Å². The molecule has 54 heteroatoms. The van der Waals surface area contributed by atoms with Gasteiger partial charge in [-0.05, 0) is 154 Å². The fourth-order valence-electron chi connectivity index (χ4n) is 12.6. The summed E-state index contributed by atoms with van der Waals surface area (Å²) in [6, 6.07) is -24.8. The fraction of sp³-hybridized carbons (Fsp3) is 0.709. The topological polar surface area (TPSA) is 926 Å². The third kappa shape index (κ3) is 49.3. The number of aliphatic hydroxyl groups is 2. The Morgan fingerprint density at radius 1 is 0.316 bits per heavy atom. The van der Waals surface area contributed by atoms with Gasteiger partial charge in [-0.1, -0.05) is 48.0 Å². The molecular weight excluding hydrogens is 1760 g/mol. The number of rotatable bonds is 70. The molecule has 54 nitrogen and oxygen atoms in total. The van der Waals surface area contributed by atoms with Gasteiger partial charge in [0.2, 0.25) is 100 Å². The van der Waals surface area contributed by atoms with Gasteiger partial charge in [0.1, 0.15) is 90.6 Å². The van der Waals surface area contributed by atoms with E-state index in [2.05, 4.69) is 95.7 Å². The highest BCUT2D eigenvalue weighted by molar-refractivity contribution is 6.02. The molecule has 0 saturated carbocycles. The molecule has 754 valence electrons. The number of carbonyl (C=O) groups is 21. The molecule has 17 atom stereocenters. The minimum atomic E-state index is -2.01. The third-order valence-electron chi connectivity index (χ3n) is 20.4. The number of hydrogen-bond donors (Lipinski definition) is 33. The van der Waals surface area contributed by atoms with Gasteiger partial charge in [0.15, 0.2) is 11.9 Å². The fourth-order valence-corrected chi connectivity index (χ4v) is 12.6. The van der Waals surface area contributed by atoms with Gasteiger partial charge >= 0.3 is 23.9 Å². The highest BCUT2D eigenvalue weighted by atomic mass is 16.4. The molecule has 0 radical (unpaired) electrons. The van der Waals surface area contributed by atoms with Crippen molar-refractivity contribution in [3.63, 3.8) is 0 Å². The molecule has 0 aromatic rings. The van der Waals surface area contributed by atoms with Gasteiger partial charge in [-0.2, -0.15) is 0 Å². The molecule has 17 amide bonds. The number of amides is 17. The number of guanidine groups is 2. The average molecular weight is 1900 g/mol. The van der Waals surface area contributed by atoms with E-state index in [1.54, 1.807) is 6.92 Å². The summed E-state index contributed by atoms with van der Waals surface area (Å²) < 4.78 is 0. The van der Waals surface area contributed by atoms with Gasteiger partial charge in [0.25, 0.3) is 0 Å². The minimum Gasteiger partial charge on any atom is -0.481 e. The molecule has 0 bridgehead atoms. The quantitative estimate of drug-likeness (QED) is 0.0153. The molecule has 133 heavy (non-hydrogen) atoms. The van der Waals surface area contributed by atoms with Gasteiger partial charge in [-0.3, -0.25) is 107 Å². The van der Waals surface area contributed by atoms with Crippen molar-refractivity contribution in [2.45, 2.75) is 287 Å². The van der Waals surface area contributed by atoms with E-state index < -0.39 is 309 Å². The first kappa shape index (κ1) is 120. The van der Waals surface area contributed by atoms with Gasteiger partial charge in [-0.25, -0.2) is 4.79 Å². The van der Waals surface area contributed by atoms with Crippen LogP contribution in [0, 0.1) is 28.6 Å². The summed E-state index contributed by atoms with van der Waals surface area (Å²) in [6.07, 6.45) is -5.21. The Labute approximate surface area is 768 Å². The zero-order chi connectivity index (χ0) is 101. The number of unbranched alkanes of at least 4 members (excludes halogenated alkanes) is 3. The maximum atomic E-state index is 14.3. The Morgan fingerprint density at radius 2 is 0.617 bits per heavy atom. The average Bonchev–Trinajstić information content (AvgIpc) is 0.844. The van der Waals surface area contributed by atoms with Crippen LogP contribution in [0.5, 0.6) is 0 Å². The third-order valence-corrected chi connectivity index (χ3v) is 20.4. The molecule has 0 saturated heterocycles. The van der Waals surface area contributed by atoms with Crippen LogP contribution in [0.3, 0.4) is 0 Å². The smallest absolute Gasteiger partial charge is 0.326 e. The predicted octanol–water partition coefficient (Wildman–Crippen LogP) is -11.4. The van der Waals surface area contributed by atoms with Crippen LogP contribution >= 0.6 is 0 Å². The van der Waals surface area contributed by atoms with Crippen molar-refractivity contribution in [3.8, 4) is 0 Å². The first-order chi connectivity index (χ1) is 62.4. The van der Waals surface area contributed by atoms with Crippen molar-refractivity contribution in [2.24, 2.45) is 57.9 Å². The van der Waals surface area contributed by atoms with Crippen LogP contribution in [0.1, 0.15) is 190 Å². The maximum absolute atomic E-state index is 14.3. The van der Waals surface area contributed by atoms with Crippen LogP contribution in [0.15, 0.2) is 0 Å². The number of carbonyl (C=O) groups excluding carboxylic acids is 17. The standard InChI is InChI=1S/C79H141N27O27/c1-9-40(6)61(75(130)101-51(34-53(84)109)71(126)98-49(24-27-57(114)115)70(125)103-59(38(2)3)73(128)104-60(39(4)5)74(129)106-62(42(8)108)76(131)99-47(22-17-33-90-79(87)88)68(123)100-50(77(132)133)25-28-58(116)117)105-63(118)41(7)92-72(127)52(37-107)102-65(120)44(21-16-32-89-78(85)86)94-55(111)36-91-64(119)43(18-10-13-29-80)95-66(121)45(19-11-14-30-81)96-67(122)46(20-12-15-31-82)97-69(124)48(23-26-56(112)113)93-54(110)35-83/h38-52,59-62,107-108H,9-37,80-83H2,1-8H3,(H2,84,109)(H,91,119)(H,92,127)(H,93,110)(H,94,111)(H,95,121)(H,96,122)(H,97,124)(H,98,126)(H,99,131)(H,100,123)(H,101,130)(H,102,120)(H,103,125)(H,104,128)(H,105,118)(H,106,129)(H,112,113)(H,114,115)(H,116,117)(H,132,133)(H4,85,86,89)(H4,87,88,90)/t40-,41-,42+,43-,44-,45-,46-,47-,48-,49-,50-,51-,52-,59-,60-,61-,62-/m0/s1. The summed E-state index contributed by atoms with van der Waals surface area (Å²) in [5.74, 6) is -27.7. The van der Waals surface area contributed by atoms with E-state index in [0.29, 0.717) is 19.3 Å². The van der Waals surface area contributed by atoms with Crippen molar-refractivity contribution in [1.82, 2.24) is 95.7 Å². The molecule has 0 spiro atoms. The number of carboxylic acids is 4. The largest absolute Gasteiger partial charge is 0.481 e. The van der Waals surface area contributed by atoms with E-state index in [0.717, 1.165) is 13.8 Å². The Hall–Kier alpha value is -12.8. The highest BCUT2D eigenvalue weighted by Gasteiger charge is 2.41. The molecule has 0 rings (SSSR count). The van der Waals surface area contributed by atoms with Gasteiger partial charge in [-0.15, -0.1) is 0 Å². The summed E-state index contributed by atoms with van der Waals surface area (Å²) >= 11 is 0. The Balaban J connectivity index is 6.93. The molecule has 0 fully saturated rings. The first-order valence-corrected chi connectivity index (χ1v) is 43.7. The van der Waals surface area contributed by atoms with Crippen molar-refractivity contribution >= 4 is 136 Å². The number of carboxylic acid groups (broad SMARTS) is 4. The van der Waals surface area contributed by atoms with Crippen LogP contribution in [0.4, 0.5) is 0 Å². The Bertz CT molecular complexity index is 3920. The predicted molar refractivity (Wildman–Crippen MR) is 474 cm³/mol. The molecular formula is C79H141N27O27. The molecule has 0 heterocycles. The lowest BCUT2D eigenvalue weighted by atomic mass is 9.97. The van der Waals surface area contributed by atoms with E-state index in [1.807, 2.05) is 0 Å². The molecule has 0 aromatic heterocycles. The second kappa shape index (κ2) is 64.9. The van der Waals surface area contributed by atoms with E-state index in [4.69, 9.17) is 56.1 Å². The van der Waals surface area contributed by atoms with Crippen LogP contribution < -0.4 is 136 Å². The Morgan fingerprint density at radius 3 is 0.985 bits per heavy atom. The second-order valence-corrected chi connectivity index (χ2v) is 32.2. The van der Waals surface area contributed by atoms with E-state index in [1.165, 1.54) is 34.6 Å². The lowest BCUT2D eigenvalue weighted by Gasteiger charge is -2.31. The molecule has 40 N–H and O–H groups in total. The number of nitrogens with two attached hydrogens (primary N) is 7. The summed E-state index contributed by atoms with van der Waals surface area (Å²) in [6.45, 7) is 8.88. The number of primary amides is 1. The number of nitrogens with one attached hydrogen (secondary N) is 20. The lowest BCUT2D eigenvalue weighted by molar-refractivity contribution is -0.144. The lowest BCUT2D eigenvalue weighted by Crippen LogP contribution is -2.63. The van der Waals surface area contributed by atoms with Crippen molar-refractivity contribution < 1.29 is 131 Å². The molecule has 0 aromatic carbocycles. The second-order valence-electron chi connectivity index (χ2n) is 32.2. The van der Waals surface area contributed by atoms with Crippen LogP contribution in [0.2, 0.25) is 0 Å². The number of aliphatic carboxylic acids is 4. The van der Waals surface area contributed by atoms with E-state index in [9.17, 15) is 126 Å². The zero-order valence-electron chi connectivity index (χ0n) is 76.3. The molecule has 0 aliphatic rings. The van der Waals surface area contributed by atoms with Crippen molar-refractivity contribution in [3.05, 3.63) is 0 Å². The first-order valence-electron chi connectivity index (χ1n) is 43.7. The van der Waals surface area contributed by atoms with Crippen LogP contribution in [-0.2, 0) is 101 Å². The SMILES string of the molecule is CC[C@H](C)[C@H](NC(=O)[C@H](C)NC(=O)[C@H](CO)NC(=O)[C@H](CCCNC(=N)N)NC(=O)CNC(=O)[C@H](CCCCN)NC(=O)[C@H](CCCCN)NC(=O)[C@H](CCCCN)NC(=O)[C@H](CCC(=O)O)NC(=O)CN)C(=O)N[C@@H](CC(N)=O)C(=O)N[C@@H](CCC(=O)O)C(=O)N[C@H](C(=O)N[C@H](C(=O)N[C@H](C(=O)N[C@@H](CCCNC(=N)N)C(=O)N[C@@H](CCC(=O)O)C(=O)O)[C@@H](C)O)C(C)C)C(C)C. The van der Waals surface area contributed by atoms with Crippen LogP contribution in [-0.4, -0.2) is 316 Å². The summed E-state index contributed by atoms with van der Waals surface area (Å²) in [5.41, 5.74) is 38.9. The van der Waals surface area contributed by atoms with Gasteiger partial charge in [0, 0.05) is 32.4 Å². The monoisotopic (exact) mass is 1900 g/mol. The van der Waals surface area contributed by atoms with Gasteiger partial charge in [0.05, 0.1) is 32.2 Å². The molecule has 0 unspecified atom stereocenters. The van der Waals surface area contributed by atoms with Crippen molar-refractivity contribution in [2.75, 3.05) is 52.4 Å². The maximum Gasteiger partial charge on any atom is 0.326 e. The minimum absolute atomic E-state index is 0.000303. The summed E-state index contributed by atoms with van der Waals surface area (Å²) in [4.78, 5) is 282. The van der Waals surface area contributed by atoms with E-state index in [-0.39, 0.29) is 110 Å². The Kier molecular flexibility index (Phi) is 58.6. The zero-order valence-corrected chi connectivity index (χ0v) is 76.3. The number of hydrogen-bond acceptors (Lipinski definition) is 29.